The predicted octanol–water partition coefficient (Wildman–Crippen LogP) is 3.89. The van der Waals surface area contributed by atoms with Gasteiger partial charge in [0.15, 0.2) is 0 Å². The highest BCUT2D eigenvalue weighted by Gasteiger charge is 2.07. The maximum absolute atomic E-state index is 11.3. The van der Waals surface area contributed by atoms with Crippen molar-refractivity contribution in [3.63, 3.8) is 0 Å². The number of hydrogen-bond donors (Lipinski definition) is 2. The Morgan fingerprint density at radius 2 is 1.70 bits per heavy atom. The van der Waals surface area contributed by atoms with E-state index in [9.17, 15) is 4.79 Å². The normalized spacial score (nSPS) is 10.3. The lowest BCUT2D eigenvalue weighted by atomic mass is 10.1. The molecule has 2 aromatic carbocycles. The number of hydrogen-bond acceptors (Lipinski definition) is 3. The van der Waals surface area contributed by atoms with Crippen molar-refractivity contribution in [2.24, 2.45) is 5.84 Å². The van der Waals surface area contributed by atoms with Crippen LogP contribution in [-0.2, 0) is 5.75 Å². The second-order valence-corrected chi connectivity index (χ2v) is 5.81. The fourth-order valence-corrected chi connectivity index (χ4v) is 3.25. The van der Waals surface area contributed by atoms with E-state index in [1.807, 2.05) is 30.3 Å². The molecule has 6 heteroatoms. The van der Waals surface area contributed by atoms with Crippen LogP contribution in [0.5, 0.6) is 0 Å². The topological polar surface area (TPSA) is 55.1 Å². The van der Waals surface area contributed by atoms with E-state index in [4.69, 9.17) is 29.0 Å². The molecule has 0 aromatic heterocycles. The Balaban J connectivity index is 2.06. The van der Waals surface area contributed by atoms with Gasteiger partial charge < -0.3 is 0 Å². The van der Waals surface area contributed by atoms with Crippen LogP contribution in [0.4, 0.5) is 0 Å². The lowest BCUT2D eigenvalue weighted by Gasteiger charge is -2.07. The Labute approximate surface area is 131 Å². The molecule has 0 aliphatic carbocycles. The van der Waals surface area contributed by atoms with Crippen LogP contribution in [0, 0.1) is 0 Å². The quantitative estimate of drug-likeness (QED) is 0.388. The summed E-state index contributed by atoms with van der Waals surface area (Å²) in [6.45, 7) is 0. The Morgan fingerprint density at radius 3 is 2.25 bits per heavy atom. The number of halogens is 2. The second-order valence-electron chi connectivity index (χ2n) is 4.01. The average molecular weight is 327 g/mol. The molecule has 1 amide bonds. The van der Waals surface area contributed by atoms with Gasteiger partial charge in [-0.3, -0.25) is 10.2 Å². The lowest BCUT2D eigenvalue weighted by Crippen LogP contribution is -2.29. The van der Waals surface area contributed by atoms with Crippen LogP contribution in [0.15, 0.2) is 47.4 Å². The van der Waals surface area contributed by atoms with Crippen molar-refractivity contribution in [2.75, 3.05) is 0 Å². The summed E-state index contributed by atoms with van der Waals surface area (Å²) in [7, 11) is 0. The third-order valence-corrected chi connectivity index (χ3v) is 4.71. The smallest absolute Gasteiger partial charge is 0.265 e. The van der Waals surface area contributed by atoms with Crippen molar-refractivity contribution in [1.82, 2.24) is 5.43 Å². The van der Waals surface area contributed by atoms with Crippen molar-refractivity contribution in [3.05, 3.63) is 63.6 Å². The van der Waals surface area contributed by atoms with E-state index < -0.39 is 0 Å². The first-order valence-electron chi connectivity index (χ1n) is 5.78. The number of amides is 1. The summed E-state index contributed by atoms with van der Waals surface area (Å²) in [5.74, 6) is 5.49. The minimum absolute atomic E-state index is 0.307. The fourth-order valence-electron chi connectivity index (χ4n) is 1.61. The summed E-state index contributed by atoms with van der Waals surface area (Å²) < 4.78 is 0. The first-order chi connectivity index (χ1) is 9.61. The van der Waals surface area contributed by atoms with Crippen LogP contribution >= 0.6 is 35.0 Å². The zero-order chi connectivity index (χ0) is 14.5. The minimum atomic E-state index is -0.307. The standard InChI is InChI=1S/C14H12Cl2N2OS/c15-11-2-1-3-12(16)13(11)20-8-9-4-6-10(7-5-9)14(19)18-17/h1-7H,8,17H2,(H,18,19). The number of nitrogens with one attached hydrogen (secondary N) is 1. The molecular weight excluding hydrogens is 315 g/mol. The molecule has 0 unspecified atom stereocenters. The van der Waals surface area contributed by atoms with Crippen LogP contribution in [0.25, 0.3) is 0 Å². The monoisotopic (exact) mass is 326 g/mol. The van der Waals surface area contributed by atoms with Crippen molar-refractivity contribution >= 4 is 40.9 Å². The zero-order valence-corrected chi connectivity index (χ0v) is 12.7. The molecule has 0 heterocycles. The van der Waals surface area contributed by atoms with E-state index in [2.05, 4.69) is 5.43 Å². The highest BCUT2D eigenvalue weighted by atomic mass is 35.5. The first-order valence-corrected chi connectivity index (χ1v) is 7.52. The van der Waals surface area contributed by atoms with Gasteiger partial charge in [0.1, 0.15) is 0 Å². The predicted molar refractivity (Wildman–Crippen MR) is 84.1 cm³/mol. The number of rotatable bonds is 4. The van der Waals surface area contributed by atoms with Gasteiger partial charge in [0.25, 0.3) is 5.91 Å². The van der Waals surface area contributed by atoms with Crippen LogP contribution < -0.4 is 11.3 Å². The summed E-state index contributed by atoms with van der Waals surface area (Å²) >= 11 is 13.8. The molecule has 0 fully saturated rings. The fraction of sp³-hybridized carbons (Fsp3) is 0.0714. The Kier molecular flexibility index (Phi) is 5.31. The molecule has 0 bridgehead atoms. The van der Waals surface area contributed by atoms with Crippen molar-refractivity contribution < 1.29 is 4.79 Å². The van der Waals surface area contributed by atoms with E-state index in [-0.39, 0.29) is 5.91 Å². The van der Waals surface area contributed by atoms with Crippen molar-refractivity contribution in [2.45, 2.75) is 10.6 Å². The van der Waals surface area contributed by atoms with E-state index in [0.717, 1.165) is 10.5 Å². The van der Waals surface area contributed by atoms with Crippen LogP contribution in [0.1, 0.15) is 15.9 Å². The zero-order valence-electron chi connectivity index (χ0n) is 10.4. The van der Waals surface area contributed by atoms with Gasteiger partial charge in [-0.15, -0.1) is 11.8 Å². The van der Waals surface area contributed by atoms with E-state index in [1.54, 1.807) is 23.9 Å². The van der Waals surface area contributed by atoms with E-state index in [1.165, 1.54) is 0 Å². The number of thioether (sulfide) groups is 1. The molecule has 0 spiro atoms. The summed E-state index contributed by atoms with van der Waals surface area (Å²) in [5, 5.41) is 1.28. The van der Waals surface area contributed by atoms with Crippen LogP contribution in [0.3, 0.4) is 0 Å². The summed E-state index contributed by atoms with van der Waals surface area (Å²) in [5.41, 5.74) is 3.69. The number of nitrogens with two attached hydrogens (primary N) is 1. The Morgan fingerprint density at radius 1 is 1.10 bits per heavy atom. The van der Waals surface area contributed by atoms with Gasteiger partial charge in [0, 0.05) is 16.2 Å². The largest absolute Gasteiger partial charge is 0.290 e. The molecule has 0 radical (unpaired) electrons. The number of benzene rings is 2. The van der Waals surface area contributed by atoms with Gasteiger partial charge in [-0.25, -0.2) is 5.84 Å². The summed E-state index contributed by atoms with van der Waals surface area (Å²) in [6, 6.07) is 12.6. The molecule has 20 heavy (non-hydrogen) atoms. The van der Waals surface area contributed by atoms with E-state index in [0.29, 0.717) is 21.4 Å². The van der Waals surface area contributed by atoms with Gasteiger partial charge in [-0.2, -0.15) is 0 Å². The van der Waals surface area contributed by atoms with Crippen LogP contribution in [0.2, 0.25) is 10.0 Å². The van der Waals surface area contributed by atoms with Gasteiger partial charge in [-0.1, -0.05) is 41.4 Å². The molecule has 0 saturated carbocycles. The van der Waals surface area contributed by atoms with Gasteiger partial charge in [0.2, 0.25) is 0 Å². The second kappa shape index (κ2) is 6.99. The molecule has 2 rings (SSSR count). The molecule has 3 N–H and O–H groups in total. The minimum Gasteiger partial charge on any atom is -0.290 e. The molecule has 3 nitrogen and oxygen atoms in total. The first kappa shape index (κ1) is 15.2. The van der Waals surface area contributed by atoms with Crippen molar-refractivity contribution in [3.8, 4) is 0 Å². The molecule has 0 aliphatic heterocycles. The van der Waals surface area contributed by atoms with Gasteiger partial charge in [0.05, 0.1) is 10.0 Å². The number of carbonyl (C=O) groups is 1. The molecule has 104 valence electrons. The Bertz CT molecular complexity index is 597. The van der Waals surface area contributed by atoms with E-state index >= 15 is 0 Å². The molecule has 0 atom stereocenters. The van der Waals surface area contributed by atoms with Crippen LogP contribution in [-0.4, -0.2) is 5.91 Å². The molecule has 0 aliphatic rings. The number of hydrazine groups is 1. The number of nitrogen functional groups attached to an aromatic ring is 1. The lowest BCUT2D eigenvalue weighted by molar-refractivity contribution is 0.0953. The Hall–Kier alpha value is -1.20. The highest BCUT2D eigenvalue weighted by molar-refractivity contribution is 7.98. The number of carbonyl (C=O) groups excluding carboxylic acids is 1. The van der Waals surface area contributed by atoms with Gasteiger partial charge in [-0.05, 0) is 29.8 Å². The van der Waals surface area contributed by atoms with Gasteiger partial charge >= 0.3 is 0 Å². The molecular formula is C14H12Cl2N2OS. The third kappa shape index (κ3) is 3.67. The van der Waals surface area contributed by atoms with Crippen molar-refractivity contribution in [1.29, 1.82) is 0 Å². The SMILES string of the molecule is NNC(=O)c1ccc(CSc2c(Cl)cccc2Cl)cc1. The molecule has 2 aromatic rings. The maximum Gasteiger partial charge on any atom is 0.265 e. The highest BCUT2D eigenvalue weighted by Crippen LogP contribution is 2.35. The average Bonchev–Trinajstić information content (AvgIpc) is 2.46. The molecule has 0 saturated heterocycles. The third-order valence-electron chi connectivity index (χ3n) is 2.65. The maximum atomic E-state index is 11.3. The summed E-state index contributed by atoms with van der Waals surface area (Å²) in [4.78, 5) is 12.2. The summed E-state index contributed by atoms with van der Waals surface area (Å²) in [6.07, 6.45) is 0.